The number of hydrogen-bond acceptors (Lipinski definition) is 6. The zero-order valence-electron chi connectivity index (χ0n) is 16.1. The Morgan fingerprint density at radius 3 is 2.20 bits per heavy atom. The van der Waals surface area contributed by atoms with Crippen LogP contribution in [-0.4, -0.2) is 38.9 Å². The molecule has 2 amide bonds. The number of nitrogens with one attached hydrogen (secondary N) is 3. The van der Waals surface area contributed by atoms with E-state index in [9.17, 15) is 22.8 Å². The number of amides is 2. The van der Waals surface area contributed by atoms with Crippen LogP contribution in [0, 0.1) is 0 Å². The van der Waals surface area contributed by atoms with Gasteiger partial charge < -0.3 is 15.4 Å². The van der Waals surface area contributed by atoms with Gasteiger partial charge in [0.2, 0.25) is 15.9 Å². The molecule has 0 aliphatic carbocycles. The predicted octanol–water partition coefficient (Wildman–Crippen LogP) is 2.15. The highest BCUT2D eigenvalue weighted by Gasteiger charge is 2.21. The van der Waals surface area contributed by atoms with Gasteiger partial charge in [-0.1, -0.05) is 17.7 Å². The van der Waals surface area contributed by atoms with E-state index < -0.39 is 34.5 Å². The summed E-state index contributed by atoms with van der Waals surface area (Å²) in [6.45, 7) is 2.07. The maximum absolute atomic E-state index is 12.2. The number of halogens is 1. The second kappa shape index (κ2) is 10.2. The number of ether oxygens (including phenoxy) is 1. The smallest absolute Gasteiger partial charge is 0.321 e. The molecule has 0 radical (unpaired) electrons. The Kier molecular flexibility index (Phi) is 7.93. The minimum absolute atomic E-state index is 0.101. The average Bonchev–Trinajstić information content (AvgIpc) is 2.67. The Bertz CT molecular complexity index is 1040. The molecule has 2 aromatic rings. The van der Waals surface area contributed by atoms with Gasteiger partial charge in [0.05, 0.1) is 4.90 Å². The molecule has 11 heteroatoms. The second-order valence-electron chi connectivity index (χ2n) is 6.16. The summed E-state index contributed by atoms with van der Waals surface area (Å²) in [6.07, 6.45) is -1.16. The third kappa shape index (κ3) is 7.14. The molecule has 0 spiro atoms. The Morgan fingerprint density at radius 1 is 1.03 bits per heavy atom. The molecule has 0 aromatic heterocycles. The van der Waals surface area contributed by atoms with E-state index in [-0.39, 0.29) is 15.8 Å². The van der Waals surface area contributed by atoms with Crippen molar-refractivity contribution in [1.29, 1.82) is 0 Å². The fourth-order valence-electron chi connectivity index (χ4n) is 2.25. The monoisotopic (exact) mass is 453 g/mol. The summed E-state index contributed by atoms with van der Waals surface area (Å²) in [5.41, 5.74) is 0.991. The molecular formula is C19H20ClN3O6S. The topological polar surface area (TPSA) is 131 Å². The van der Waals surface area contributed by atoms with Crippen LogP contribution >= 0.6 is 11.6 Å². The van der Waals surface area contributed by atoms with Crippen LogP contribution in [0.25, 0.3) is 0 Å². The largest absolute Gasteiger partial charge is 0.452 e. The zero-order chi connectivity index (χ0) is 22.3. The molecule has 1 atom stereocenters. The number of benzene rings is 2. The van der Waals surface area contributed by atoms with Crippen LogP contribution in [0.3, 0.4) is 0 Å². The van der Waals surface area contributed by atoms with Gasteiger partial charge in [0.1, 0.15) is 6.54 Å². The molecule has 0 saturated carbocycles. The maximum atomic E-state index is 12.2. The van der Waals surface area contributed by atoms with Crippen LogP contribution in [0.2, 0.25) is 5.02 Å². The summed E-state index contributed by atoms with van der Waals surface area (Å²) in [5.74, 6) is -1.75. The summed E-state index contributed by atoms with van der Waals surface area (Å²) in [7, 11) is -3.96. The van der Waals surface area contributed by atoms with E-state index in [0.29, 0.717) is 11.4 Å². The van der Waals surface area contributed by atoms with Gasteiger partial charge in [-0.3, -0.25) is 14.4 Å². The molecular weight excluding hydrogens is 434 g/mol. The van der Waals surface area contributed by atoms with E-state index in [4.69, 9.17) is 16.3 Å². The number of hydrogen-bond donors (Lipinski definition) is 3. The van der Waals surface area contributed by atoms with Crippen molar-refractivity contribution in [1.82, 2.24) is 4.72 Å². The Hall–Kier alpha value is -2.95. The minimum Gasteiger partial charge on any atom is -0.452 e. The number of carbonyl (C=O) groups is 3. The third-order valence-electron chi connectivity index (χ3n) is 3.66. The van der Waals surface area contributed by atoms with Gasteiger partial charge in [-0.25, -0.2) is 8.42 Å². The van der Waals surface area contributed by atoms with Gasteiger partial charge >= 0.3 is 5.97 Å². The number of rotatable bonds is 8. The summed E-state index contributed by atoms with van der Waals surface area (Å²) in [5, 5.41) is 5.37. The van der Waals surface area contributed by atoms with E-state index in [1.54, 1.807) is 24.3 Å². The normalized spacial score (nSPS) is 12.0. The quantitative estimate of drug-likeness (QED) is 0.525. The van der Waals surface area contributed by atoms with Crippen LogP contribution in [0.4, 0.5) is 11.4 Å². The molecule has 0 heterocycles. The van der Waals surface area contributed by atoms with Crippen LogP contribution in [0.15, 0.2) is 53.4 Å². The van der Waals surface area contributed by atoms with Gasteiger partial charge in [0.25, 0.3) is 5.91 Å². The lowest BCUT2D eigenvalue weighted by atomic mass is 10.2. The van der Waals surface area contributed by atoms with Crippen molar-refractivity contribution in [3.8, 4) is 0 Å². The second-order valence-corrected chi connectivity index (χ2v) is 8.37. The first-order chi connectivity index (χ1) is 14.1. The Morgan fingerprint density at radius 2 is 1.63 bits per heavy atom. The maximum Gasteiger partial charge on any atom is 0.321 e. The van der Waals surface area contributed by atoms with Crippen molar-refractivity contribution in [3.05, 3.63) is 53.6 Å². The summed E-state index contributed by atoms with van der Waals surface area (Å²) < 4.78 is 31.4. The number of carbonyl (C=O) groups excluding carboxylic acids is 3. The molecule has 0 bridgehead atoms. The van der Waals surface area contributed by atoms with Crippen molar-refractivity contribution < 1.29 is 27.5 Å². The third-order valence-corrected chi connectivity index (χ3v) is 5.30. The molecule has 1 unspecified atom stereocenters. The van der Waals surface area contributed by atoms with Crippen molar-refractivity contribution >= 4 is 50.8 Å². The van der Waals surface area contributed by atoms with Crippen molar-refractivity contribution in [2.24, 2.45) is 0 Å². The molecule has 0 aliphatic heterocycles. The van der Waals surface area contributed by atoms with Crippen molar-refractivity contribution in [3.63, 3.8) is 0 Å². The highest BCUT2D eigenvalue weighted by molar-refractivity contribution is 7.89. The van der Waals surface area contributed by atoms with Crippen LogP contribution in [0.1, 0.15) is 13.8 Å². The molecule has 9 nitrogen and oxygen atoms in total. The molecule has 0 aliphatic rings. The molecule has 0 saturated heterocycles. The SMILES string of the molecule is CC(=O)Nc1ccc(NC(=O)C(C)OC(=O)CNS(=O)(=O)c2cccc(Cl)c2)cc1. The summed E-state index contributed by atoms with van der Waals surface area (Å²) >= 11 is 5.77. The lowest BCUT2D eigenvalue weighted by Gasteiger charge is -2.14. The highest BCUT2D eigenvalue weighted by atomic mass is 35.5. The van der Waals surface area contributed by atoms with Gasteiger partial charge in [-0.2, -0.15) is 4.72 Å². The summed E-state index contributed by atoms with van der Waals surface area (Å²) in [4.78, 5) is 35.0. The standard InChI is InChI=1S/C19H20ClN3O6S/c1-12(19(26)23-16-8-6-15(7-9-16)22-13(2)24)29-18(25)11-21-30(27,28)17-5-3-4-14(20)10-17/h3-10,12,21H,11H2,1-2H3,(H,22,24)(H,23,26). The van der Waals surface area contributed by atoms with Crippen LogP contribution in [0.5, 0.6) is 0 Å². The lowest BCUT2D eigenvalue weighted by Crippen LogP contribution is -2.35. The van der Waals surface area contributed by atoms with E-state index in [2.05, 4.69) is 15.4 Å². The fourth-order valence-corrected chi connectivity index (χ4v) is 3.52. The number of sulfonamides is 1. The fraction of sp³-hybridized carbons (Fsp3) is 0.211. The molecule has 2 aromatic carbocycles. The van der Waals surface area contributed by atoms with Gasteiger partial charge in [-0.05, 0) is 49.4 Å². The molecule has 0 fully saturated rings. The molecule has 2 rings (SSSR count). The minimum atomic E-state index is -3.96. The molecule has 30 heavy (non-hydrogen) atoms. The number of anilines is 2. The Balaban J connectivity index is 1.86. The van der Waals surface area contributed by atoms with Crippen LogP contribution < -0.4 is 15.4 Å². The Labute approximate surface area is 178 Å². The van der Waals surface area contributed by atoms with E-state index in [0.717, 1.165) is 0 Å². The number of esters is 1. The van der Waals surface area contributed by atoms with Gasteiger partial charge in [-0.15, -0.1) is 0 Å². The average molecular weight is 454 g/mol. The van der Waals surface area contributed by atoms with Gasteiger partial charge in [0.15, 0.2) is 6.10 Å². The van der Waals surface area contributed by atoms with Crippen molar-refractivity contribution in [2.45, 2.75) is 24.8 Å². The molecule has 160 valence electrons. The lowest BCUT2D eigenvalue weighted by molar-refractivity contribution is -0.151. The van der Waals surface area contributed by atoms with Crippen LogP contribution in [-0.2, 0) is 29.1 Å². The first-order valence-corrected chi connectivity index (χ1v) is 10.6. The summed E-state index contributed by atoms with van der Waals surface area (Å²) in [6, 6.07) is 11.9. The van der Waals surface area contributed by atoms with Gasteiger partial charge in [0, 0.05) is 23.3 Å². The van der Waals surface area contributed by atoms with E-state index >= 15 is 0 Å². The van der Waals surface area contributed by atoms with Crippen molar-refractivity contribution in [2.75, 3.05) is 17.2 Å². The van der Waals surface area contributed by atoms with E-state index in [1.807, 2.05) is 0 Å². The first kappa shape index (κ1) is 23.3. The first-order valence-electron chi connectivity index (χ1n) is 8.70. The zero-order valence-corrected chi connectivity index (χ0v) is 17.7. The predicted molar refractivity (Wildman–Crippen MR) is 112 cm³/mol. The highest BCUT2D eigenvalue weighted by Crippen LogP contribution is 2.15. The molecule has 3 N–H and O–H groups in total. The van der Waals surface area contributed by atoms with E-state index in [1.165, 1.54) is 38.1 Å².